The number of ether oxygens (including phenoxy) is 1. The number of sulfonamides is 1. The second kappa shape index (κ2) is 8.15. The number of nitrogens with one attached hydrogen (secondary N) is 1. The summed E-state index contributed by atoms with van der Waals surface area (Å²) in [6, 6.07) is 0. The third kappa shape index (κ3) is 5.94. The molecule has 1 aliphatic carbocycles. The van der Waals surface area contributed by atoms with E-state index in [0.29, 0.717) is 13.2 Å². The van der Waals surface area contributed by atoms with Gasteiger partial charge in [0, 0.05) is 13.2 Å². The maximum absolute atomic E-state index is 12.0. The van der Waals surface area contributed by atoms with Crippen LogP contribution in [0.1, 0.15) is 57.8 Å². The minimum atomic E-state index is -3.19. The normalized spacial score (nSPS) is 25.0. The van der Waals surface area contributed by atoms with Crippen LogP contribution in [0.5, 0.6) is 0 Å². The van der Waals surface area contributed by atoms with E-state index >= 15 is 0 Å². The monoisotopic (exact) mass is 301 g/mol. The Kier molecular flexibility index (Phi) is 6.52. The molecular weight excluding hydrogens is 274 g/mol. The summed E-state index contributed by atoms with van der Waals surface area (Å²) in [5.41, 5.74) is 1.42. The van der Waals surface area contributed by atoms with Crippen LogP contribution in [0.2, 0.25) is 0 Å². The molecule has 1 fully saturated rings. The smallest absolute Gasteiger partial charge is 0.214 e. The van der Waals surface area contributed by atoms with Crippen LogP contribution in [0.3, 0.4) is 0 Å². The van der Waals surface area contributed by atoms with Crippen LogP contribution in [-0.2, 0) is 14.8 Å². The van der Waals surface area contributed by atoms with Gasteiger partial charge in [0.05, 0.1) is 11.9 Å². The first-order chi connectivity index (χ1) is 9.66. The van der Waals surface area contributed by atoms with Crippen molar-refractivity contribution in [1.82, 2.24) is 4.72 Å². The van der Waals surface area contributed by atoms with Gasteiger partial charge in [-0.3, -0.25) is 0 Å². The van der Waals surface area contributed by atoms with Crippen molar-refractivity contribution in [1.29, 1.82) is 0 Å². The molecule has 0 spiro atoms. The van der Waals surface area contributed by atoms with Crippen molar-refractivity contribution in [3.05, 3.63) is 11.6 Å². The molecule has 0 saturated carbocycles. The molecule has 1 atom stereocenters. The topological polar surface area (TPSA) is 55.4 Å². The van der Waals surface area contributed by atoms with Gasteiger partial charge in [0.2, 0.25) is 10.0 Å². The molecule has 20 heavy (non-hydrogen) atoms. The molecule has 1 N–H and O–H groups in total. The van der Waals surface area contributed by atoms with Gasteiger partial charge in [-0.2, -0.15) is 0 Å². The summed E-state index contributed by atoms with van der Waals surface area (Å²) in [5, 5.41) is 0. The van der Waals surface area contributed by atoms with Crippen LogP contribution < -0.4 is 4.72 Å². The highest BCUT2D eigenvalue weighted by Crippen LogP contribution is 2.19. The molecule has 1 unspecified atom stereocenters. The van der Waals surface area contributed by atoms with E-state index in [1.165, 1.54) is 24.8 Å². The average Bonchev–Trinajstić information content (AvgIpc) is 2.68. The van der Waals surface area contributed by atoms with Gasteiger partial charge < -0.3 is 4.74 Å². The molecule has 0 aromatic carbocycles. The molecule has 1 heterocycles. The van der Waals surface area contributed by atoms with Crippen molar-refractivity contribution in [2.75, 3.05) is 18.9 Å². The van der Waals surface area contributed by atoms with E-state index in [1.807, 2.05) is 0 Å². The fourth-order valence-corrected chi connectivity index (χ4v) is 4.20. The van der Waals surface area contributed by atoms with E-state index in [4.69, 9.17) is 4.74 Å². The summed E-state index contributed by atoms with van der Waals surface area (Å²) in [6.45, 7) is 1.23. The van der Waals surface area contributed by atoms with Crippen LogP contribution in [0, 0.1) is 0 Å². The number of hydrogen-bond donors (Lipinski definition) is 1. The highest BCUT2D eigenvalue weighted by molar-refractivity contribution is 7.89. The first-order valence-corrected chi connectivity index (χ1v) is 9.58. The lowest BCUT2D eigenvalue weighted by Crippen LogP contribution is -2.35. The maximum atomic E-state index is 12.0. The second-order valence-electron chi connectivity index (χ2n) is 5.88. The number of rotatable bonds is 6. The molecule has 1 saturated heterocycles. The van der Waals surface area contributed by atoms with Crippen LogP contribution in [-0.4, -0.2) is 33.4 Å². The first kappa shape index (κ1) is 16.0. The van der Waals surface area contributed by atoms with Crippen molar-refractivity contribution in [3.8, 4) is 0 Å². The van der Waals surface area contributed by atoms with E-state index in [0.717, 1.165) is 38.5 Å². The first-order valence-electron chi connectivity index (χ1n) is 7.92. The fourth-order valence-electron chi connectivity index (χ4n) is 2.92. The molecule has 0 bridgehead atoms. The lowest BCUT2D eigenvalue weighted by atomic mass is 10.1. The van der Waals surface area contributed by atoms with Gasteiger partial charge in [0.25, 0.3) is 0 Å². The standard InChI is InChI=1S/C15H27NO3S/c17-20(18,13-15-9-5-6-12-19-15)16-11-10-14-7-3-1-2-4-8-14/h7,15-16H,1-6,8-13H2. The Morgan fingerprint density at radius 2 is 2.10 bits per heavy atom. The number of allylic oxidation sites excluding steroid dienone is 1. The fraction of sp³-hybridized carbons (Fsp3) is 0.867. The van der Waals surface area contributed by atoms with Crippen LogP contribution in [0.15, 0.2) is 11.6 Å². The van der Waals surface area contributed by atoms with E-state index in [9.17, 15) is 8.42 Å². The van der Waals surface area contributed by atoms with Crippen molar-refractivity contribution in [2.24, 2.45) is 0 Å². The minimum Gasteiger partial charge on any atom is -0.377 e. The van der Waals surface area contributed by atoms with Gasteiger partial charge in [-0.25, -0.2) is 13.1 Å². The van der Waals surface area contributed by atoms with Gasteiger partial charge in [0.1, 0.15) is 0 Å². The van der Waals surface area contributed by atoms with Crippen LogP contribution in [0.4, 0.5) is 0 Å². The summed E-state index contributed by atoms with van der Waals surface area (Å²) >= 11 is 0. The SMILES string of the molecule is O=S(=O)(CC1CCCCO1)NCCC1=CCCCCC1. The highest BCUT2D eigenvalue weighted by Gasteiger charge is 2.21. The molecule has 0 aromatic rings. The van der Waals surface area contributed by atoms with Gasteiger partial charge in [-0.15, -0.1) is 0 Å². The van der Waals surface area contributed by atoms with Crippen molar-refractivity contribution >= 4 is 10.0 Å². The molecule has 2 aliphatic rings. The summed E-state index contributed by atoms with van der Waals surface area (Å²) in [4.78, 5) is 0. The minimum absolute atomic E-state index is 0.113. The van der Waals surface area contributed by atoms with Crippen LogP contribution >= 0.6 is 0 Å². The Bertz CT molecular complexity index is 411. The lowest BCUT2D eigenvalue weighted by Gasteiger charge is -2.22. The van der Waals surface area contributed by atoms with E-state index in [2.05, 4.69) is 10.8 Å². The lowest BCUT2D eigenvalue weighted by molar-refractivity contribution is 0.0304. The molecule has 0 aromatic heterocycles. The summed E-state index contributed by atoms with van der Waals surface area (Å²) in [5.74, 6) is 0.117. The highest BCUT2D eigenvalue weighted by atomic mass is 32.2. The number of hydrogen-bond acceptors (Lipinski definition) is 3. The average molecular weight is 301 g/mol. The third-order valence-corrected chi connectivity index (χ3v) is 5.54. The quantitative estimate of drug-likeness (QED) is 0.768. The molecular formula is C15H27NO3S. The summed E-state index contributed by atoms with van der Waals surface area (Å²) in [7, 11) is -3.19. The zero-order valence-corrected chi connectivity index (χ0v) is 13.1. The molecule has 0 amide bonds. The zero-order chi connectivity index (χ0) is 14.3. The molecule has 0 radical (unpaired) electrons. The molecule has 2 rings (SSSR count). The van der Waals surface area contributed by atoms with Crippen molar-refractivity contribution in [3.63, 3.8) is 0 Å². The predicted octanol–water partition coefficient (Wildman–Crippen LogP) is 2.76. The van der Waals surface area contributed by atoms with E-state index in [1.54, 1.807) is 0 Å². The van der Waals surface area contributed by atoms with Gasteiger partial charge in [-0.05, 0) is 51.4 Å². The molecule has 5 heteroatoms. The summed E-state index contributed by atoms with van der Waals surface area (Å²) in [6.07, 6.45) is 12.1. The Morgan fingerprint density at radius 1 is 1.20 bits per heavy atom. The molecule has 116 valence electrons. The zero-order valence-electron chi connectivity index (χ0n) is 12.3. The predicted molar refractivity (Wildman–Crippen MR) is 81.2 cm³/mol. The van der Waals surface area contributed by atoms with Gasteiger partial charge >= 0.3 is 0 Å². The molecule has 1 aliphatic heterocycles. The van der Waals surface area contributed by atoms with Gasteiger partial charge in [0.15, 0.2) is 0 Å². The Hall–Kier alpha value is -0.390. The van der Waals surface area contributed by atoms with E-state index in [-0.39, 0.29) is 11.9 Å². The van der Waals surface area contributed by atoms with Gasteiger partial charge in [-0.1, -0.05) is 18.1 Å². The summed E-state index contributed by atoms with van der Waals surface area (Å²) < 4.78 is 32.2. The van der Waals surface area contributed by atoms with E-state index < -0.39 is 10.0 Å². The third-order valence-electron chi connectivity index (χ3n) is 4.08. The second-order valence-corrected chi connectivity index (χ2v) is 7.73. The Morgan fingerprint density at radius 3 is 2.90 bits per heavy atom. The Balaban J connectivity index is 1.70. The molecule has 4 nitrogen and oxygen atoms in total. The van der Waals surface area contributed by atoms with Crippen molar-refractivity contribution < 1.29 is 13.2 Å². The van der Waals surface area contributed by atoms with Crippen LogP contribution in [0.25, 0.3) is 0 Å². The van der Waals surface area contributed by atoms with Crippen molar-refractivity contribution in [2.45, 2.75) is 63.9 Å². The maximum Gasteiger partial charge on any atom is 0.214 e. The largest absolute Gasteiger partial charge is 0.377 e. The Labute approximate surface area is 123 Å².